The zero-order chi connectivity index (χ0) is 19.1. The molecule has 138 valence electrons. The van der Waals surface area contributed by atoms with Gasteiger partial charge in [-0.05, 0) is 45.0 Å². The number of aryl methyl sites for hydroxylation is 1. The summed E-state index contributed by atoms with van der Waals surface area (Å²) in [5, 5.41) is 5.22. The van der Waals surface area contributed by atoms with Gasteiger partial charge >= 0.3 is 0 Å². The quantitative estimate of drug-likeness (QED) is 0.795. The monoisotopic (exact) mass is 357 g/mol. The maximum absolute atomic E-state index is 12.4. The number of nitrogens with zero attached hydrogens (tertiary/aromatic N) is 1. The van der Waals surface area contributed by atoms with E-state index in [1.165, 1.54) is 11.2 Å². The molecule has 0 aliphatic carbocycles. The number of furan rings is 1. The molecule has 7 nitrogen and oxygen atoms in total. The van der Waals surface area contributed by atoms with Crippen molar-refractivity contribution in [1.82, 2.24) is 10.2 Å². The fourth-order valence-electron chi connectivity index (χ4n) is 2.26. The Bertz CT molecular complexity index is 752. The van der Waals surface area contributed by atoms with Crippen molar-refractivity contribution in [3.05, 3.63) is 54.0 Å². The van der Waals surface area contributed by atoms with Gasteiger partial charge in [-0.25, -0.2) is 0 Å². The first-order valence-corrected chi connectivity index (χ1v) is 8.34. The minimum Gasteiger partial charge on any atom is -0.459 e. The Morgan fingerprint density at radius 1 is 1.08 bits per heavy atom. The van der Waals surface area contributed by atoms with Gasteiger partial charge in [-0.3, -0.25) is 14.4 Å². The summed E-state index contributed by atoms with van der Waals surface area (Å²) in [6.45, 7) is 5.23. The van der Waals surface area contributed by atoms with Gasteiger partial charge in [0.05, 0.1) is 12.8 Å². The van der Waals surface area contributed by atoms with Crippen molar-refractivity contribution in [2.45, 2.75) is 26.8 Å². The van der Waals surface area contributed by atoms with Crippen LogP contribution in [0.3, 0.4) is 0 Å². The van der Waals surface area contributed by atoms with Gasteiger partial charge in [-0.1, -0.05) is 17.7 Å². The molecule has 1 heterocycles. The van der Waals surface area contributed by atoms with E-state index in [1.807, 2.05) is 19.1 Å². The van der Waals surface area contributed by atoms with Crippen molar-refractivity contribution < 1.29 is 18.8 Å². The Hall–Kier alpha value is -3.09. The molecule has 0 aliphatic rings. The number of amides is 3. The molecule has 1 aromatic carbocycles. The number of hydrogen-bond donors (Lipinski definition) is 2. The number of nitrogens with one attached hydrogen (secondary N) is 2. The molecular weight excluding hydrogens is 334 g/mol. The lowest BCUT2D eigenvalue weighted by Crippen LogP contribution is -2.45. The molecule has 0 aliphatic heterocycles. The Balaban J connectivity index is 1.85. The molecule has 0 fully saturated rings. The van der Waals surface area contributed by atoms with Crippen LogP contribution in [0.4, 0.5) is 5.69 Å². The lowest BCUT2D eigenvalue weighted by molar-refractivity contribution is -0.124. The van der Waals surface area contributed by atoms with Crippen LogP contribution in [0.15, 0.2) is 47.1 Å². The molecule has 3 amide bonds. The van der Waals surface area contributed by atoms with E-state index in [0.29, 0.717) is 5.69 Å². The number of hydrogen-bond acceptors (Lipinski definition) is 4. The first kappa shape index (κ1) is 19.2. The van der Waals surface area contributed by atoms with Gasteiger partial charge in [-0.15, -0.1) is 0 Å². The average molecular weight is 357 g/mol. The molecule has 0 unspecified atom stereocenters. The molecular formula is C19H23N3O4. The first-order valence-electron chi connectivity index (χ1n) is 8.34. The normalized spacial score (nSPS) is 10.5. The Labute approximate surface area is 152 Å². The van der Waals surface area contributed by atoms with Crippen LogP contribution < -0.4 is 10.6 Å². The maximum atomic E-state index is 12.4. The van der Waals surface area contributed by atoms with Gasteiger partial charge in [0.1, 0.15) is 6.54 Å². The highest BCUT2D eigenvalue weighted by Crippen LogP contribution is 2.09. The molecule has 0 saturated heterocycles. The molecule has 0 spiro atoms. The molecule has 0 saturated carbocycles. The molecule has 26 heavy (non-hydrogen) atoms. The van der Waals surface area contributed by atoms with Gasteiger partial charge in [0.15, 0.2) is 5.76 Å². The van der Waals surface area contributed by atoms with Crippen LogP contribution in [0, 0.1) is 6.92 Å². The lowest BCUT2D eigenvalue weighted by Gasteiger charge is -2.25. The third kappa shape index (κ3) is 5.47. The second-order valence-electron chi connectivity index (χ2n) is 6.20. The number of benzene rings is 1. The minimum absolute atomic E-state index is 0.158. The summed E-state index contributed by atoms with van der Waals surface area (Å²) in [4.78, 5) is 37.8. The first-order chi connectivity index (χ1) is 12.4. The van der Waals surface area contributed by atoms with Crippen LogP contribution in [-0.2, 0) is 9.59 Å². The van der Waals surface area contributed by atoms with Gasteiger partial charge < -0.3 is 20.0 Å². The number of carbonyl (C=O) groups is 3. The summed E-state index contributed by atoms with van der Waals surface area (Å²) in [5.41, 5.74) is 1.75. The number of anilines is 1. The van der Waals surface area contributed by atoms with E-state index in [2.05, 4.69) is 10.6 Å². The van der Waals surface area contributed by atoms with Crippen molar-refractivity contribution in [1.29, 1.82) is 0 Å². The third-order valence-corrected chi connectivity index (χ3v) is 3.71. The fraction of sp³-hybridized carbons (Fsp3) is 0.316. The van der Waals surface area contributed by atoms with Crippen LogP contribution in [0.5, 0.6) is 0 Å². The molecule has 0 bridgehead atoms. The largest absolute Gasteiger partial charge is 0.459 e. The summed E-state index contributed by atoms with van der Waals surface area (Å²) in [6.07, 6.45) is 1.40. The van der Waals surface area contributed by atoms with E-state index in [-0.39, 0.29) is 36.7 Å². The van der Waals surface area contributed by atoms with Gasteiger partial charge in [0, 0.05) is 11.7 Å². The lowest BCUT2D eigenvalue weighted by atomic mass is 10.2. The SMILES string of the molecule is Cc1ccc(NC(=O)CNC(=O)CN(C(=O)c2ccco2)C(C)C)cc1. The second-order valence-corrected chi connectivity index (χ2v) is 6.20. The van der Waals surface area contributed by atoms with Crippen LogP contribution in [-0.4, -0.2) is 41.8 Å². The summed E-state index contributed by atoms with van der Waals surface area (Å²) < 4.78 is 5.09. The predicted octanol–water partition coefficient (Wildman–Crippen LogP) is 2.19. The van der Waals surface area contributed by atoms with E-state index < -0.39 is 5.91 Å². The number of carbonyl (C=O) groups excluding carboxylic acids is 3. The standard InChI is InChI=1S/C19H23N3O4/c1-13(2)22(19(25)16-5-4-10-26-16)12-18(24)20-11-17(23)21-15-8-6-14(3)7-9-15/h4-10,13H,11-12H2,1-3H3,(H,20,24)(H,21,23). The molecule has 1 aromatic heterocycles. The Morgan fingerprint density at radius 3 is 2.35 bits per heavy atom. The van der Waals surface area contributed by atoms with Crippen molar-refractivity contribution in [3.63, 3.8) is 0 Å². The molecule has 2 rings (SSSR count). The fourth-order valence-corrected chi connectivity index (χ4v) is 2.26. The summed E-state index contributed by atoms with van der Waals surface area (Å²) >= 11 is 0. The Kier molecular flexibility index (Phi) is 6.54. The van der Waals surface area contributed by atoms with E-state index >= 15 is 0 Å². The van der Waals surface area contributed by atoms with Crippen molar-refractivity contribution >= 4 is 23.4 Å². The summed E-state index contributed by atoms with van der Waals surface area (Å²) in [5.74, 6) is -0.957. The molecule has 2 N–H and O–H groups in total. The molecule has 7 heteroatoms. The highest BCUT2D eigenvalue weighted by Gasteiger charge is 2.23. The topological polar surface area (TPSA) is 91.7 Å². The highest BCUT2D eigenvalue weighted by atomic mass is 16.3. The van der Waals surface area contributed by atoms with Crippen molar-refractivity contribution in [2.75, 3.05) is 18.4 Å². The third-order valence-electron chi connectivity index (χ3n) is 3.71. The minimum atomic E-state index is -0.419. The summed E-state index contributed by atoms with van der Waals surface area (Å²) in [6, 6.07) is 10.3. The second kappa shape index (κ2) is 8.84. The molecule has 2 aromatic rings. The van der Waals surface area contributed by atoms with E-state index in [4.69, 9.17) is 4.42 Å². The summed E-state index contributed by atoms with van der Waals surface area (Å²) in [7, 11) is 0. The smallest absolute Gasteiger partial charge is 0.290 e. The van der Waals surface area contributed by atoms with Crippen molar-refractivity contribution in [3.8, 4) is 0 Å². The maximum Gasteiger partial charge on any atom is 0.290 e. The van der Waals surface area contributed by atoms with Crippen LogP contribution >= 0.6 is 0 Å². The van der Waals surface area contributed by atoms with Crippen LogP contribution in [0.1, 0.15) is 30.0 Å². The Morgan fingerprint density at radius 2 is 1.77 bits per heavy atom. The average Bonchev–Trinajstić information content (AvgIpc) is 3.13. The van der Waals surface area contributed by atoms with Crippen molar-refractivity contribution in [2.24, 2.45) is 0 Å². The molecule has 0 atom stereocenters. The van der Waals surface area contributed by atoms with E-state index in [9.17, 15) is 14.4 Å². The zero-order valence-electron chi connectivity index (χ0n) is 15.1. The van der Waals surface area contributed by atoms with Gasteiger partial charge in [-0.2, -0.15) is 0 Å². The predicted molar refractivity (Wildman–Crippen MR) is 97.7 cm³/mol. The van der Waals surface area contributed by atoms with Crippen LogP contribution in [0.2, 0.25) is 0 Å². The van der Waals surface area contributed by atoms with Gasteiger partial charge in [0.2, 0.25) is 11.8 Å². The van der Waals surface area contributed by atoms with E-state index in [1.54, 1.807) is 38.1 Å². The molecule has 0 radical (unpaired) electrons. The van der Waals surface area contributed by atoms with E-state index in [0.717, 1.165) is 5.56 Å². The highest BCUT2D eigenvalue weighted by molar-refractivity contribution is 5.97. The van der Waals surface area contributed by atoms with Crippen LogP contribution in [0.25, 0.3) is 0 Å². The number of rotatable bonds is 7. The zero-order valence-corrected chi connectivity index (χ0v) is 15.1. The van der Waals surface area contributed by atoms with Gasteiger partial charge in [0.25, 0.3) is 5.91 Å².